The maximum absolute atomic E-state index is 11.2. The van der Waals surface area contributed by atoms with Crippen molar-refractivity contribution in [3.63, 3.8) is 0 Å². The summed E-state index contributed by atoms with van der Waals surface area (Å²) in [7, 11) is 0. The van der Waals surface area contributed by atoms with Crippen LogP contribution >= 0.6 is 39.1 Å². The molecule has 0 radical (unpaired) electrons. The Hall–Kier alpha value is -1.23. The summed E-state index contributed by atoms with van der Waals surface area (Å²) in [6, 6.07) is 10.6. The fourth-order valence-electron chi connectivity index (χ4n) is 1.69. The van der Waals surface area contributed by atoms with Crippen LogP contribution in [-0.2, 0) is 6.54 Å². The molecule has 1 amide bonds. The molecule has 0 aliphatic carbocycles. The Kier molecular flexibility index (Phi) is 4.91. The molecule has 20 heavy (non-hydrogen) atoms. The van der Waals surface area contributed by atoms with Crippen molar-refractivity contribution in [2.75, 3.05) is 5.32 Å². The standard InChI is InChI=1S/C14H11BrCl2N2O/c15-12-5-9(16)2-1-8(12)7-19-10-3-4-13(17)11(6-10)14(18)20/h1-6,19H,7H2,(H2,18,20). The molecular formula is C14H11BrCl2N2O. The molecule has 0 aliphatic heterocycles. The third-order valence-corrected chi connectivity index (χ3v) is 4.03. The maximum atomic E-state index is 11.2. The van der Waals surface area contributed by atoms with Crippen LogP contribution in [0.3, 0.4) is 0 Å². The number of carbonyl (C=O) groups is 1. The number of rotatable bonds is 4. The summed E-state index contributed by atoms with van der Waals surface area (Å²) in [5, 5.41) is 4.22. The summed E-state index contributed by atoms with van der Waals surface area (Å²) in [5.74, 6) is -0.550. The van der Waals surface area contributed by atoms with Gasteiger partial charge in [-0.25, -0.2) is 0 Å². The normalized spacial score (nSPS) is 10.3. The Morgan fingerprint density at radius 2 is 1.95 bits per heavy atom. The predicted molar refractivity (Wildman–Crippen MR) is 86.4 cm³/mol. The second-order valence-electron chi connectivity index (χ2n) is 4.15. The average Bonchev–Trinajstić information content (AvgIpc) is 2.39. The molecule has 2 rings (SSSR count). The number of nitrogens with one attached hydrogen (secondary N) is 1. The van der Waals surface area contributed by atoms with E-state index in [0.29, 0.717) is 22.2 Å². The first kappa shape index (κ1) is 15.2. The molecule has 0 aromatic heterocycles. The van der Waals surface area contributed by atoms with Gasteiger partial charge >= 0.3 is 0 Å². The van der Waals surface area contributed by atoms with Crippen LogP contribution in [0, 0.1) is 0 Å². The van der Waals surface area contributed by atoms with Crippen LogP contribution in [0.2, 0.25) is 10.0 Å². The molecule has 0 saturated carbocycles. The molecule has 0 spiro atoms. The second-order valence-corrected chi connectivity index (χ2v) is 5.85. The number of benzene rings is 2. The summed E-state index contributed by atoms with van der Waals surface area (Å²) in [5.41, 5.74) is 7.37. The lowest BCUT2D eigenvalue weighted by molar-refractivity contribution is 0.100. The van der Waals surface area contributed by atoms with Crippen molar-refractivity contribution in [2.24, 2.45) is 5.73 Å². The zero-order valence-corrected chi connectivity index (χ0v) is 13.4. The Labute approximate surface area is 135 Å². The number of hydrogen-bond acceptors (Lipinski definition) is 2. The first-order valence-electron chi connectivity index (χ1n) is 5.74. The van der Waals surface area contributed by atoms with Gasteiger partial charge in [-0.15, -0.1) is 0 Å². The van der Waals surface area contributed by atoms with Gasteiger partial charge in [0, 0.05) is 21.7 Å². The summed E-state index contributed by atoms with van der Waals surface area (Å²) >= 11 is 15.2. The molecule has 0 bridgehead atoms. The van der Waals surface area contributed by atoms with Gasteiger partial charge in [-0.1, -0.05) is 45.2 Å². The molecule has 104 valence electrons. The lowest BCUT2D eigenvalue weighted by Gasteiger charge is -2.10. The smallest absolute Gasteiger partial charge is 0.250 e. The quantitative estimate of drug-likeness (QED) is 0.830. The first-order valence-corrected chi connectivity index (χ1v) is 7.29. The lowest BCUT2D eigenvalue weighted by Crippen LogP contribution is -2.12. The fraction of sp³-hybridized carbons (Fsp3) is 0.0714. The molecule has 3 N–H and O–H groups in total. The van der Waals surface area contributed by atoms with Gasteiger partial charge in [-0.3, -0.25) is 4.79 Å². The van der Waals surface area contributed by atoms with Crippen LogP contribution in [0.25, 0.3) is 0 Å². The minimum atomic E-state index is -0.550. The number of anilines is 1. The van der Waals surface area contributed by atoms with E-state index in [0.717, 1.165) is 15.7 Å². The highest BCUT2D eigenvalue weighted by Crippen LogP contribution is 2.24. The van der Waals surface area contributed by atoms with E-state index in [2.05, 4.69) is 21.2 Å². The van der Waals surface area contributed by atoms with Crippen molar-refractivity contribution in [1.29, 1.82) is 0 Å². The van der Waals surface area contributed by atoms with Gasteiger partial charge in [0.05, 0.1) is 10.6 Å². The van der Waals surface area contributed by atoms with Crippen LogP contribution in [0.5, 0.6) is 0 Å². The second kappa shape index (κ2) is 6.48. The van der Waals surface area contributed by atoms with Gasteiger partial charge in [0.15, 0.2) is 0 Å². The third kappa shape index (κ3) is 3.66. The van der Waals surface area contributed by atoms with E-state index in [1.54, 1.807) is 18.2 Å². The van der Waals surface area contributed by atoms with Crippen LogP contribution in [0.1, 0.15) is 15.9 Å². The zero-order valence-electron chi connectivity index (χ0n) is 10.3. The van der Waals surface area contributed by atoms with E-state index in [9.17, 15) is 4.79 Å². The highest BCUT2D eigenvalue weighted by molar-refractivity contribution is 9.10. The molecular weight excluding hydrogens is 363 g/mol. The van der Waals surface area contributed by atoms with Gasteiger partial charge in [0.1, 0.15) is 0 Å². The first-order chi connectivity index (χ1) is 9.47. The zero-order chi connectivity index (χ0) is 14.7. The Morgan fingerprint density at radius 1 is 1.20 bits per heavy atom. The predicted octanol–water partition coefficient (Wildman–Crippen LogP) is 4.47. The van der Waals surface area contributed by atoms with E-state index < -0.39 is 5.91 Å². The van der Waals surface area contributed by atoms with Crippen molar-refractivity contribution in [3.8, 4) is 0 Å². The van der Waals surface area contributed by atoms with Gasteiger partial charge in [-0.2, -0.15) is 0 Å². The van der Waals surface area contributed by atoms with Crippen LogP contribution in [0.4, 0.5) is 5.69 Å². The molecule has 0 fully saturated rings. The minimum absolute atomic E-state index is 0.298. The molecule has 2 aromatic carbocycles. The van der Waals surface area contributed by atoms with Crippen molar-refractivity contribution < 1.29 is 4.79 Å². The van der Waals surface area contributed by atoms with Gasteiger partial charge in [0.2, 0.25) is 5.91 Å². The fourth-order valence-corrected chi connectivity index (χ4v) is 2.72. The number of nitrogens with two attached hydrogens (primary N) is 1. The van der Waals surface area contributed by atoms with Crippen molar-refractivity contribution in [3.05, 3.63) is 62.0 Å². The Morgan fingerprint density at radius 3 is 2.60 bits per heavy atom. The molecule has 0 atom stereocenters. The van der Waals surface area contributed by atoms with Crippen LogP contribution in [-0.4, -0.2) is 5.91 Å². The minimum Gasteiger partial charge on any atom is -0.381 e. The van der Waals surface area contributed by atoms with Gasteiger partial charge < -0.3 is 11.1 Å². The van der Waals surface area contributed by atoms with Crippen molar-refractivity contribution in [1.82, 2.24) is 0 Å². The largest absolute Gasteiger partial charge is 0.381 e. The molecule has 0 saturated heterocycles. The summed E-state index contributed by atoms with van der Waals surface area (Å²) in [6.45, 7) is 0.581. The van der Waals surface area contributed by atoms with E-state index >= 15 is 0 Å². The summed E-state index contributed by atoms with van der Waals surface area (Å²) in [6.07, 6.45) is 0. The van der Waals surface area contributed by atoms with Crippen LogP contribution in [0.15, 0.2) is 40.9 Å². The van der Waals surface area contributed by atoms with Crippen molar-refractivity contribution >= 4 is 50.7 Å². The van der Waals surface area contributed by atoms with Crippen molar-refractivity contribution in [2.45, 2.75) is 6.54 Å². The van der Waals surface area contributed by atoms with E-state index in [-0.39, 0.29) is 0 Å². The Balaban J connectivity index is 2.15. The van der Waals surface area contributed by atoms with Crippen LogP contribution < -0.4 is 11.1 Å². The maximum Gasteiger partial charge on any atom is 0.250 e. The number of amides is 1. The van der Waals surface area contributed by atoms with E-state index in [4.69, 9.17) is 28.9 Å². The van der Waals surface area contributed by atoms with Gasteiger partial charge in [-0.05, 0) is 35.9 Å². The molecule has 3 nitrogen and oxygen atoms in total. The Bertz CT molecular complexity index is 662. The average molecular weight is 374 g/mol. The SMILES string of the molecule is NC(=O)c1cc(NCc2ccc(Cl)cc2Br)ccc1Cl. The monoisotopic (exact) mass is 372 g/mol. The number of hydrogen-bond donors (Lipinski definition) is 2. The molecule has 0 unspecified atom stereocenters. The number of halogens is 3. The summed E-state index contributed by atoms with van der Waals surface area (Å²) in [4.78, 5) is 11.2. The molecule has 0 aliphatic rings. The van der Waals surface area contributed by atoms with E-state index in [1.807, 2.05) is 18.2 Å². The third-order valence-electron chi connectivity index (χ3n) is 2.73. The highest BCUT2D eigenvalue weighted by atomic mass is 79.9. The molecule has 6 heteroatoms. The number of carbonyl (C=O) groups excluding carboxylic acids is 1. The number of primary amides is 1. The molecule has 2 aromatic rings. The summed E-state index contributed by atoms with van der Waals surface area (Å²) < 4.78 is 0.918. The topological polar surface area (TPSA) is 55.1 Å². The lowest BCUT2D eigenvalue weighted by atomic mass is 10.1. The highest BCUT2D eigenvalue weighted by Gasteiger charge is 2.08. The van der Waals surface area contributed by atoms with E-state index in [1.165, 1.54) is 0 Å². The van der Waals surface area contributed by atoms with Gasteiger partial charge in [0.25, 0.3) is 0 Å². The molecule has 0 heterocycles.